The zero-order valence-corrected chi connectivity index (χ0v) is 10.6. The molecule has 6 nitrogen and oxygen atoms in total. The number of fused-ring (bicyclic) bond motifs is 1. The molecular formula is C11H8BrN3O3. The van der Waals surface area contributed by atoms with Crippen LogP contribution < -0.4 is 5.32 Å². The molecule has 7 heteroatoms. The number of benzene rings is 1. The molecule has 2 rings (SSSR count). The van der Waals surface area contributed by atoms with Gasteiger partial charge in [0.2, 0.25) is 5.82 Å². The lowest BCUT2D eigenvalue weighted by Crippen LogP contribution is -2.10. The van der Waals surface area contributed by atoms with E-state index in [0.717, 1.165) is 0 Å². The Balaban J connectivity index is 2.35. The number of aromatic nitrogens is 2. The van der Waals surface area contributed by atoms with Crippen LogP contribution in [0.15, 0.2) is 29.3 Å². The summed E-state index contributed by atoms with van der Waals surface area (Å²) < 4.78 is 0.207. The topological polar surface area (TPSA) is 95.1 Å². The summed E-state index contributed by atoms with van der Waals surface area (Å²) in [6.45, 7) is 3.45. The molecule has 0 spiro atoms. The number of halogens is 1. The van der Waals surface area contributed by atoms with Crippen molar-refractivity contribution in [3.05, 3.63) is 35.1 Å². The molecule has 1 aromatic heterocycles. The summed E-state index contributed by atoms with van der Waals surface area (Å²) in [7, 11) is 0. The molecule has 0 bridgehead atoms. The second-order valence-corrected chi connectivity index (χ2v) is 4.44. The Morgan fingerprint density at radius 3 is 2.78 bits per heavy atom. The maximum atomic E-state index is 11.4. The molecule has 1 aromatic carbocycles. The molecule has 0 saturated heterocycles. The van der Waals surface area contributed by atoms with Crippen molar-refractivity contribution in [2.75, 3.05) is 5.32 Å². The number of hydrogen-bond donors (Lipinski definition) is 3. The van der Waals surface area contributed by atoms with Gasteiger partial charge in [0.15, 0.2) is 0 Å². The van der Waals surface area contributed by atoms with Gasteiger partial charge in [0, 0.05) is 5.69 Å². The molecule has 92 valence electrons. The monoisotopic (exact) mass is 309 g/mol. The Hall–Kier alpha value is -2.15. The summed E-state index contributed by atoms with van der Waals surface area (Å²) in [4.78, 5) is 28.6. The first-order chi connectivity index (χ1) is 8.47. The number of carbonyl (C=O) groups is 2. The molecule has 3 N–H and O–H groups in total. The lowest BCUT2D eigenvalue weighted by molar-refractivity contribution is -0.112. The number of nitrogens with zero attached hydrogens (tertiary/aromatic N) is 1. The van der Waals surface area contributed by atoms with E-state index in [-0.39, 0.29) is 16.2 Å². The van der Waals surface area contributed by atoms with E-state index in [2.05, 4.69) is 37.8 Å². The lowest BCUT2D eigenvalue weighted by Gasteiger charge is -2.02. The first kappa shape index (κ1) is 12.3. The number of rotatable bonds is 3. The van der Waals surface area contributed by atoms with Gasteiger partial charge in [0.05, 0.1) is 15.5 Å². The van der Waals surface area contributed by atoms with Gasteiger partial charge in [-0.1, -0.05) is 6.58 Å². The number of H-pyrrole nitrogens is 1. The van der Waals surface area contributed by atoms with Crippen LogP contribution in [-0.4, -0.2) is 27.0 Å². The third-order valence-electron chi connectivity index (χ3n) is 2.19. The average molecular weight is 310 g/mol. The van der Waals surface area contributed by atoms with Crippen molar-refractivity contribution in [2.24, 2.45) is 0 Å². The fourth-order valence-corrected chi connectivity index (χ4v) is 1.49. The van der Waals surface area contributed by atoms with Crippen LogP contribution in [-0.2, 0) is 4.79 Å². The quantitative estimate of drug-likeness (QED) is 0.757. The first-order valence-electron chi connectivity index (χ1n) is 4.86. The Labute approximate surface area is 110 Å². The second kappa shape index (κ2) is 4.61. The van der Waals surface area contributed by atoms with Crippen molar-refractivity contribution in [1.82, 2.24) is 9.97 Å². The van der Waals surface area contributed by atoms with Crippen molar-refractivity contribution in [2.45, 2.75) is 0 Å². The molecule has 0 fully saturated rings. The highest BCUT2D eigenvalue weighted by molar-refractivity contribution is 9.12. The Morgan fingerprint density at radius 1 is 1.44 bits per heavy atom. The van der Waals surface area contributed by atoms with Gasteiger partial charge >= 0.3 is 5.97 Å². The van der Waals surface area contributed by atoms with Gasteiger partial charge in [-0.3, -0.25) is 4.79 Å². The molecule has 1 amide bonds. The van der Waals surface area contributed by atoms with E-state index in [4.69, 9.17) is 5.11 Å². The zero-order valence-electron chi connectivity index (χ0n) is 9.03. The van der Waals surface area contributed by atoms with Gasteiger partial charge in [0.1, 0.15) is 0 Å². The van der Waals surface area contributed by atoms with Crippen molar-refractivity contribution >= 4 is 44.5 Å². The molecule has 18 heavy (non-hydrogen) atoms. The predicted octanol–water partition coefficient (Wildman–Crippen LogP) is 2.11. The fourth-order valence-electron chi connectivity index (χ4n) is 1.39. The summed E-state index contributed by atoms with van der Waals surface area (Å²) in [5.41, 5.74) is 1.57. The Kier molecular flexibility index (Phi) is 3.15. The number of nitrogens with one attached hydrogen (secondary N) is 2. The van der Waals surface area contributed by atoms with Gasteiger partial charge in [-0.25, -0.2) is 9.78 Å². The zero-order chi connectivity index (χ0) is 13.3. The van der Waals surface area contributed by atoms with E-state index < -0.39 is 5.97 Å². The van der Waals surface area contributed by atoms with Crippen LogP contribution in [0.5, 0.6) is 0 Å². The van der Waals surface area contributed by atoms with Gasteiger partial charge in [-0.05, 0) is 34.1 Å². The SMILES string of the molecule is C=C(Br)C(=O)Nc1ccc2nc(C(=O)O)[nH]c2c1. The summed E-state index contributed by atoms with van der Waals surface area (Å²) in [5, 5.41) is 11.4. The van der Waals surface area contributed by atoms with Gasteiger partial charge in [-0.2, -0.15) is 0 Å². The highest BCUT2D eigenvalue weighted by Crippen LogP contribution is 2.18. The predicted molar refractivity (Wildman–Crippen MR) is 69.7 cm³/mol. The highest BCUT2D eigenvalue weighted by Gasteiger charge is 2.10. The number of imidazole rings is 1. The van der Waals surface area contributed by atoms with E-state index in [0.29, 0.717) is 16.7 Å². The maximum absolute atomic E-state index is 11.4. The van der Waals surface area contributed by atoms with Crippen molar-refractivity contribution in [1.29, 1.82) is 0 Å². The van der Waals surface area contributed by atoms with Gasteiger partial charge < -0.3 is 15.4 Å². The number of amides is 1. The summed E-state index contributed by atoms with van der Waals surface area (Å²) in [6, 6.07) is 4.84. The fraction of sp³-hybridized carbons (Fsp3) is 0. The molecule has 0 aliphatic carbocycles. The Bertz CT molecular complexity index is 663. The van der Waals surface area contributed by atoms with E-state index in [1.54, 1.807) is 18.2 Å². The molecule has 0 atom stereocenters. The van der Waals surface area contributed by atoms with Crippen LogP contribution in [0.1, 0.15) is 10.6 Å². The van der Waals surface area contributed by atoms with E-state index >= 15 is 0 Å². The number of carbonyl (C=O) groups excluding carboxylic acids is 1. The molecule has 0 saturated carbocycles. The van der Waals surface area contributed by atoms with Crippen LogP contribution in [0.4, 0.5) is 5.69 Å². The molecule has 1 heterocycles. The van der Waals surface area contributed by atoms with E-state index in [1.165, 1.54) is 0 Å². The largest absolute Gasteiger partial charge is 0.475 e. The highest BCUT2D eigenvalue weighted by atomic mass is 79.9. The summed E-state index contributed by atoms with van der Waals surface area (Å²) in [6.07, 6.45) is 0. The van der Waals surface area contributed by atoms with Crippen LogP contribution in [0, 0.1) is 0 Å². The maximum Gasteiger partial charge on any atom is 0.371 e. The Morgan fingerprint density at radius 2 is 2.17 bits per heavy atom. The second-order valence-electron chi connectivity index (χ2n) is 3.48. The first-order valence-corrected chi connectivity index (χ1v) is 5.65. The molecule has 0 aliphatic rings. The van der Waals surface area contributed by atoms with Crippen molar-refractivity contribution in [3.63, 3.8) is 0 Å². The number of aromatic carboxylic acids is 1. The average Bonchev–Trinajstić information content (AvgIpc) is 2.71. The number of carboxylic acids is 1. The van der Waals surface area contributed by atoms with E-state index in [9.17, 15) is 9.59 Å². The van der Waals surface area contributed by atoms with Crippen LogP contribution in [0.3, 0.4) is 0 Å². The minimum Gasteiger partial charge on any atom is -0.475 e. The number of carboxylic acid groups (broad SMARTS) is 1. The number of aromatic amines is 1. The van der Waals surface area contributed by atoms with Crippen LogP contribution >= 0.6 is 15.9 Å². The van der Waals surface area contributed by atoms with Crippen molar-refractivity contribution in [3.8, 4) is 0 Å². The van der Waals surface area contributed by atoms with Crippen molar-refractivity contribution < 1.29 is 14.7 Å². The van der Waals surface area contributed by atoms with Gasteiger partial charge in [-0.15, -0.1) is 0 Å². The third-order valence-corrected chi connectivity index (χ3v) is 2.55. The molecular weight excluding hydrogens is 302 g/mol. The standard InChI is InChI=1S/C11H8BrN3O3/c1-5(12)10(16)13-6-2-3-7-8(4-6)15-9(14-7)11(17)18/h2-4H,1H2,(H,13,16)(H,14,15)(H,17,18). The lowest BCUT2D eigenvalue weighted by atomic mass is 10.3. The molecule has 0 unspecified atom stereocenters. The molecule has 2 aromatic rings. The molecule has 0 aliphatic heterocycles. The normalized spacial score (nSPS) is 10.3. The van der Waals surface area contributed by atoms with Crippen LogP contribution in [0.2, 0.25) is 0 Å². The smallest absolute Gasteiger partial charge is 0.371 e. The molecule has 0 radical (unpaired) electrons. The third kappa shape index (κ3) is 2.40. The number of hydrogen-bond acceptors (Lipinski definition) is 3. The minimum atomic E-state index is -1.13. The van der Waals surface area contributed by atoms with Crippen LogP contribution in [0.25, 0.3) is 11.0 Å². The summed E-state index contributed by atoms with van der Waals surface area (Å²) in [5.74, 6) is -1.64. The minimum absolute atomic E-state index is 0.140. The summed E-state index contributed by atoms with van der Waals surface area (Å²) >= 11 is 2.97. The van der Waals surface area contributed by atoms with E-state index in [1.807, 2.05) is 0 Å². The number of anilines is 1. The van der Waals surface area contributed by atoms with Gasteiger partial charge in [0.25, 0.3) is 5.91 Å².